The molecule has 0 aromatic heterocycles. The summed E-state index contributed by atoms with van der Waals surface area (Å²) in [5.74, 6) is 0.509. The molecule has 2 atom stereocenters. The maximum Gasteiger partial charge on any atom is 0.252 e. The van der Waals surface area contributed by atoms with Gasteiger partial charge in [0.1, 0.15) is 12.1 Å². The van der Waals surface area contributed by atoms with Gasteiger partial charge in [0.05, 0.1) is 27.4 Å². The number of rotatable bonds is 6. The van der Waals surface area contributed by atoms with E-state index in [4.69, 9.17) is 14.2 Å². The molecule has 0 saturated carbocycles. The first kappa shape index (κ1) is 20.7. The lowest BCUT2D eigenvalue weighted by Crippen LogP contribution is -2.51. The molecule has 0 radical (unpaired) electrons. The van der Waals surface area contributed by atoms with Crippen molar-refractivity contribution in [3.05, 3.63) is 59.7 Å². The molecule has 0 bridgehead atoms. The number of methoxy groups -OCH3 is 2. The van der Waals surface area contributed by atoms with Gasteiger partial charge in [-0.25, -0.2) is 0 Å². The van der Waals surface area contributed by atoms with Crippen LogP contribution in [0.25, 0.3) is 0 Å². The summed E-state index contributed by atoms with van der Waals surface area (Å²) in [6.07, 6.45) is -0.164. The third-order valence-corrected chi connectivity index (χ3v) is 4.91. The number of benzene rings is 2. The van der Waals surface area contributed by atoms with E-state index in [2.05, 4.69) is 5.32 Å². The molecular weight excluding hydrogens is 372 g/mol. The van der Waals surface area contributed by atoms with Crippen molar-refractivity contribution in [2.75, 3.05) is 33.9 Å². The lowest BCUT2D eigenvalue weighted by Gasteiger charge is -2.34. The monoisotopic (exact) mass is 398 g/mol. The Kier molecular flexibility index (Phi) is 6.72. The van der Waals surface area contributed by atoms with Crippen LogP contribution in [0.4, 0.5) is 0 Å². The van der Waals surface area contributed by atoms with E-state index in [9.17, 15) is 9.59 Å². The highest BCUT2D eigenvalue weighted by Crippen LogP contribution is 2.27. The number of hydrogen-bond acceptors (Lipinski definition) is 5. The van der Waals surface area contributed by atoms with Crippen molar-refractivity contribution in [3.63, 3.8) is 0 Å². The van der Waals surface area contributed by atoms with E-state index in [0.29, 0.717) is 36.8 Å². The second-order valence-corrected chi connectivity index (χ2v) is 6.82. The maximum absolute atomic E-state index is 12.9. The highest BCUT2D eigenvalue weighted by Gasteiger charge is 2.29. The van der Waals surface area contributed by atoms with E-state index in [1.807, 2.05) is 30.3 Å². The zero-order valence-electron chi connectivity index (χ0n) is 16.9. The van der Waals surface area contributed by atoms with Crippen molar-refractivity contribution in [2.45, 2.75) is 19.1 Å². The van der Waals surface area contributed by atoms with Crippen LogP contribution in [0.1, 0.15) is 28.9 Å². The first-order valence-electron chi connectivity index (χ1n) is 9.51. The molecule has 1 aliphatic heterocycles. The van der Waals surface area contributed by atoms with Gasteiger partial charge >= 0.3 is 0 Å². The predicted molar refractivity (Wildman–Crippen MR) is 108 cm³/mol. The molecule has 1 aliphatic rings. The summed E-state index contributed by atoms with van der Waals surface area (Å²) >= 11 is 0. The molecule has 1 saturated heterocycles. The minimum Gasteiger partial charge on any atom is -0.493 e. The molecule has 2 aromatic rings. The Hall–Kier alpha value is -3.06. The van der Waals surface area contributed by atoms with Gasteiger partial charge in [-0.15, -0.1) is 0 Å². The summed E-state index contributed by atoms with van der Waals surface area (Å²) in [6.45, 7) is 3.10. The molecule has 2 amide bonds. The van der Waals surface area contributed by atoms with Crippen molar-refractivity contribution in [3.8, 4) is 11.5 Å². The highest BCUT2D eigenvalue weighted by atomic mass is 16.5. The standard InChI is InChI=1S/C22H26N2O5/c1-15(23-21(25)17-9-10-18(27-2)19(13-17)28-3)22(26)24-11-12-29-20(14-24)16-7-5-4-6-8-16/h4-10,13,15,20H,11-12,14H2,1-3H3,(H,23,25)/t15-,20?/m0/s1. The van der Waals surface area contributed by atoms with Gasteiger partial charge < -0.3 is 24.4 Å². The molecule has 2 aromatic carbocycles. The van der Waals surface area contributed by atoms with Crippen LogP contribution >= 0.6 is 0 Å². The van der Waals surface area contributed by atoms with E-state index in [-0.39, 0.29) is 17.9 Å². The summed E-state index contributed by atoms with van der Waals surface area (Å²) in [5.41, 5.74) is 1.43. The SMILES string of the molecule is COc1ccc(C(=O)N[C@@H](C)C(=O)N2CCOC(c3ccccc3)C2)cc1OC. The number of nitrogens with one attached hydrogen (secondary N) is 1. The lowest BCUT2D eigenvalue weighted by molar-refractivity contribution is -0.140. The van der Waals surface area contributed by atoms with Crippen LogP contribution in [0, 0.1) is 0 Å². The van der Waals surface area contributed by atoms with Crippen LogP contribution in [0.5, 0.6) is 11.5 Å². The van der Waals surface area contributed by atoms with Crippen LogP contribution in [0.2, 0.25) is 0 Å². The van der Waals surface area contributed by atoms with Crippen molar-refractivity contribution in [1.29, 1.82) is 0 Å². The number of hydrogen-bond donors (Lipinski definition) is 1. The van der Waals surface area contributed by atoms with Gasteiger partial charge in [0.15, 0.2) is 11.5 Å². The van der Waals surface area contributed by atoms with Crippen LogP contribution in [-0.4, -0.2) is 56.7 Å². The van der Waals surface area contributed by atoms with E-state index in [1.165, 1.54) is 14.2 Å². The average Bonchev–Trinajstić information content (AvgIpc) is 2.78. The smallest absolute Gasteiger partial charge is 0.252 e. The van der Waals surface area contributed by atoms with Gasteiger partial charge in [0, 0.05) is 12.1 Å². The first-order valence-corrected chi connectivity index (χ1v) is 9.51. The Morgan fingerprint density at radius 2 is 1.83 bits per heavy atom. The normalized spacial score (nSPS) is 17.3. The van der Waals surface area contributed by atoms with Gasteiger partial charge in [-0.2, -0.15) is 0 Å². The molecule has 0 spiro atoms. The number of ether oxygens (including phenoxy) is 3. The van der Waals surface area contributed by atoms with Crippen LogP contribution in [0.3, 0.4) is 0 Å². The fourth-order valence-electron chi connectivity index (χ4n) is 3.31. The fraction of sp³-hybridized carbons (Fsp3) is 0.364. The Morgan fingerprint density at radius 1 is 1.10 bits per heavy atom. The number of amides is 2. The zero-order valence-corrected chi connectivity index (χ0v) is 16.9. The third kappa shape index (κ3) is 4.86. The zero-order chi connectivity index (χ0) is 20.8. The molecule has 7 heteroatoms. The molecule has 0 aliphatic carbocycles. The Morgan fingerprint density at radius 3 is 2.52 bits per heavy atom. The molecule has 1 fully saturated rings. The van der Waals surface area contributed by atoms with E-state index >= 15 is 0 Å². The second-order valence-electron chi connectivity index (χ2n) is 6.82. The Balaban J connectivity index is 1.63. The van der Waals surface area contributed by atoms with E-state index < -0.39 is 6.04 Å². The quantitative estimate of drug-likeness (QED) is 0.809. The third-order valence-electron chi connectivity index (χ3n) is 4.91. The molecule has 7 nitrogen and oxygen atoms in total. The molecule has 3 rings (SSSR count). The summed E-state index contributed by atoms with van der Waals surface area (Å²) in [5, 5.41) is 2.77. The van der Waals surface area contributed by atoms with Gasteiger partial charge in [-0.05, 0) is 30.7 Å². The minimum atomic E-state index is -0.662. The molecule has 154 valence electrons. The molecular formula is C22H26N2O5. The minimum absolute atomic E-state index is 0.136. The van der Waals surface area contributed by atoms with Crippen molar-refractivity contribution in [2.24, 2.45) is 0 Å². The highest BCUT2D eigenvalue weighted by molar-refractivity contribution is 5.98. The predicted octanol–water partition coefficient (Wildman–Crippen LogP) is 2.42. The molecule has 1 heterocycles. The second kappa shape index (κ2) is 9.43. The summed E-state index contributed by atoms with van der Waals surface area (Å²) in [4.78, 5) is 27.2. The average molecular weight is 398 g/mol. The number of carbonyl (C=O) groups is 2. The number of carbonyl (C=O) groups excluding carboxylic acids is 2. The number of morpholine rings is 1. The lowest BCUT2D eigenvalue weighted by atomic mass is 10.1. The molecule has 29 heavy (non-hydrogen) atoms. The fourth-order valence-corrected chi connectivity index (χ4v) is 3.31. The maximum atomic E-state index is 12.9. The van der Waals surface area contributed by atoms with Crippen molar-refractivity contribution in [1.82, 2.24) is 10.2 Å². The summed E-state index contributed by atoms with van der Waals surface area (Å²) in [6, 6.07) is 14.0. The Bertz CT molecular complexity index is 856. The van der Waals surface area contributed by atoms with Gasteiger partial charge in [0.25, 0.3) is 5.91 Å². The molecule has 1 N–H and O–H groups in total. The summed E-state index contributed by atoms with van der Waals surface area (Å²) in [7, 11) is 3.04. The van der Waals surface area contributed by atoms with Gasteiger partial charge in [-0.3, -0.25) is 9.59 Å². The first-order chi connectivity index (χ1) is 14.0. The van der Waals surface area contributed by atoms with Crippen LogP contribution < -0.4 is 14.8 Å². The summed E-state index contributed by atoms with van der Waals surface area (Å²) < 4.78 is 16.2. The largest absolute Gasteiger partial charge is 0.493 e. The number of nitrogens with zero attached hydrogens (tertiary/aromatic N) is 1. The van der Waals surface area contributed by atoms with Crippen molar-refractivity contribution < 1.29 is 23.8 Å². The van der Waals surface area contributed by atoms with Crippen LogP contribution in [-0.2, 0) is 9.53 Å². The van der Waals surface area contributed by atoms with E-state index in [0.717, 1.165) is 5.56 Å². The van der Waals surface area contributed by atoms with E-state index in [1.54, 1.807) is 30.0 Å². The molecule has 1 unspecified atom stereocenters. The topological polar surface area (TPSA) is 77.1 Å². The Labute approximate surface area is 170 Å². The van der Waals surface area contributed by atoms with Gasteiger partial charge in [0.2, 0.25) is 5.91 Å². The van der Waals surface area contributed by atoms with Gasteiger partial charge in [-0.1, -0.05) is 30.3 Å². The van der Waals surface area contributed by atoms with Crippen LogP contribution in [0.15, 0.2) is 48.5 Å². The van der Waals surface area contributed by atoms with Crippen molar-refractivity contribution >= 4 is 11.8 Å².